The van der Waals surface area contributed by atoms with Crippen molar-refractivity contribution in [1.82, 2.24) is 15.0 Å². The van der Waals surface area contributed by atoms with E-state index in [1.807, 2.05) is 13.0 Å². The number of fused-ring (bicyclic) bond motifs is 1. The number of aromatic nitrogens is 1. The van der Waals surface area contributed by atoms with Gasteiger partial charge >= 0.3 is 0 Å². The van der Waals surface area contributed by atoms with Gasteiger partial charge in [0.05, 0.1) is 17.1 Å². The zero-order valence-corrected chi connectivity index (χ0v) is 17.2. The summed E-state index contributed by atoms with van der Waals surface area (Å²) in [5.41, 5.74) is 2.30. The molecular formula is C20H24N4O4S. The Balaban J connectivity index is 1.56. The molecule has 0 unspecified atom stereocenters. The van der Waals surface area contributed by atoms with Crippen LogP contribution in [0.1, 0.15) is 31.5 Å². The average Bonchev–Trinajstić information content (AvgIpc) is 3.02. The first kappa shape index (κ1) is 20.9. The molecule has 0 radical (unpaired) electrons. The molecule has 154 valence electrons. The van der Waals surface area contributed by atoms with E-state index in [2.05, 4.69) is 15.0 Å². The van der Waals surface area contributed by atoms with Crippen molar-refractivity contribution in [2.45, 2.75) is 44.2 Å². The summed E-state index contributed by atoms with van der Waals surface area (Å²) in [5, 5.41) is 2.71. The van der Waals surface area contributed by atoms with Gasteiger partial charge < -0.3 is 10.2 Å². The van der Waals surface area contributed by atoms with Crippen LogP contribution in [0, 0.1) is 0 Å². The van der Waals surface area contributed by atoms with E-state index in [1.165, 1.54) is 13.0 Å². The quantitative estimate of drug-likeness (QED) is 0.709. The summed E-state index contributed by atoms with van der Waals surface area (Å²) < 4.78 is 27.6. The summed E-state index contributed by atoms with van der Waals surface area (Å²) in [6.45, 7) is 3.71. The zero-order valence-electron chi connectivity index (χ0n) is 16.4. The highest BCUT2D eigenvalue weighted by Gasteiger charge is 2.30. The van der Waals surface area contributed by atoms with Crippen molar-refractivity contribution in [1.29, 1.82) is 0 Å². The van der Waals surface area contributed by atoms with Gasteiger partial charge in [0.15, 0.2) is 0 Å². The molecule has 2 aromatic rings. The average molecular weight is 417 g/mol. The molecule has 9 heteroatoms. The maximum absolute atomic E-state index is 12.6. The smallest absolute Gasteiger partial charge is 0.240 e. The second kappa shape index (κ2) is 8.71. The van der Waals surface area contributed by atoms with Gasteiger partial charge in [-0.15, -0.1) is 0 Å². The van der Waals surface area contributed by atoms with E-state index in [4.69, 9.17) is 0 Å². The minimum atomic E-state index is -3.75. The van der Waals surface area contributed by atoms with E-state index >= 15 is 0 Å². The van der Waals surface area contributed by atoms with Crippen LogP contribution in [-0.2, 0) is 32.6 Å². The molecule has 1 aromatic carbocycles. The fraction of sp³-hybridized carbons (Fsp3) is 0.350. The van der Waals surface area contributed by atoms with Crippen molar-refractivity contribution in [3.05, 3.63) is 53.9 Å². The highest BCUT2D eigenvalue weighted by Crippen LogP contribution is 2.33. The lowest BCUT2D eigenvalue weighted by Crippen LogP contribution is -2.33. The van der Waals surface area contributed by atoms with Gasteiger partial charge in [0.1, 0.15) is 0 Å². The number of amides is 2. The molecule has 0 aliphatic carbocycles. The fourth-order valence-electron chi connectivity index (χ4n) is 3.42. The number of carbonyl (C=O) groups is 2. The largest absolute Gasteiger partial charge is 0.350 e. The molecule has 0 saturated heterocycles. The highest BCUT2D eigenvalue weighted by molar-refractivity contribution is 7.89. The predicted molar refractivity (Wildman–Crippen MR) is 109 cm³/mol. The topological polar surface area (TPSA) is 108 Å². The van der Waals surface area contributed by atoms with Crippen molar-refractivity contribution in [3.8, 4) is 0 Å². The lowest BCUT2D eigenvalue weighted by molar-refractivity contribution is -0.121. The zero-order chi connectivity index (χ0) is 21.0. The van der Waals surface area contributed by atoms with Crippen LogP contribution in [0.25, 0.3) is 0 Å². The van der Waals surface area contributed by atoms with Crippen molar-refractivity contribution < 1.29 is 18.0 Å². The molecule has 2 amide bonds. The summed E-state index contributed by atoms with van der Waals surface area (Å²) in [4.78, 5) is 29.6. The third-order valence-electron chi connectivity index (χ3n) is 4.75. The SMILES string of the molecule is CC(=O)N1c2ccc(S(=O)(=O)NCCC(=O)NCc3ccccn3)cc2C[C@H]1C. The van der Waals surface area contributed by atoms with Crippen molar-refractivity contribution in [2.75, 3.05) is 11.4 Å². The Morgan fingerprint density at radius 3 is 2.72 bits per heavy atom. The molecule has 0 saturated carbocycles. The number of nitrogens with zero attached hydrogens (tertiary/aromatic N) is 2. The van der Waals surface area contributed by atoms with E-state index in [0.717, 1.165) is 16.9 Å². The van der Waals surface area contributed by atoms with Crippen molar-refractivity contribution in [3.63, 3.8) is 0 Å². The molecule has 29 heavy (non-hydrogen) atoms. The number of anilines is 1. The first-order chi connectivity index (χ1) is 13.8. The normalized spacial score (nSPS) is 15.8. The Bertz CT molecular complexity index is 1010. The summed E-state index contributed by atoms with van der Waals surface area (Å²) in [5.74, 6) is -0.333. The van der Waals surface area contributed by atoms with Crippen molar-refractivity contribution >= 4 is 27.5 Å². The molecule has 2 heterocycles. The van der Waals surface area contributed by atoms with Crippen LogP contribution in [0.15, 0.2) is 47.5 Å². The number of carbonyl (C=O) groups excluding carboxylic acids is 2. The number of sulfonamides is 1. The fourth-order valence-corrected chi connectivity index (χ4v) is 4.50. The van der Waals surface area contributed by atoms with Gasteiger partial charge in [-0.1, -0.05) is 6.07 Å². The van der Waals surface area contributed by atoms with Gasteiger partial charge in [-0.05, 0) is 49.2 Å². The van der Waals surface area contributed by atoms with Crippen molar-refractivity contribution in [2.24, 2.45) is 0 Å². The van der Waals surface area contributed by atoms with E-state index in [-0.39, 0.29) is 35.7 Å². The van der Waals surface area contributed by atoms with Crippen LogP contribution < -0.4 is 14.9 Å². The molecule has 0 bridgehead atoms. The van der Waals surface area contributed by atoms with Gasteiger partial charge in [0.2, 0.25) is 21.8 Å². The first-order valence-corrected chi connectivity index (χ1v) is 10.9. The summed E-state index contributed by atoms with van der Waals surface area (Å²) in [7, 11) is -3.75. The van der Waals surface area contributed by atoms with Gasteiger partial charge in [-0.3, -0.25) is 14.6 Å². The molecular weight excluding hydrogens is 392 g/mol. The van der Waals surface area contributed by atoms with Crippen LogP contribution in [0.5, 0.6) is 0 Å². The molecule has 1 aromatic heterocycles. The number of nitrogens with one attached hydrogen (secondary N) is 2. The Hall–Kier alpha value is -2.78. The second-order valence-electron chi connectivity index (χ2n) is 6.98. The highest BCUT2D eigenvalue weighted by atomic mass is 32.2. The second-order valence-corrected chi connectivity index (χ2v) is 8.75. The lowest BCUT2D eigenvalue weighted by Gasteiger charge is -2.20. The van der Waals surface area contributed by atoms with Crippen LogP contribution in [0.4, 0.5) is 5.69 Å². The van der Waals surface area contributed by atoms with Crippen LogP contribution >= 0.6 is 0 Å². The number of hydrogen-bond donors (Lipinski definition) is 2. The maximum Gasteiger partial charge on any atom is 0.240 e. The van der Waals surface area contributed by atoms with E-state index < -0.39 is 10.0 Å². The van der Waals surface area contributed by atoms with Gasteiger partial charge in [-0.25, -0.2) is 13.1 Å². The maximum atomic E-state index is 12.6. The molecule has 0 spiro atoms. The van der Waals surface area contributed by atoms with Gasteiger partial charge in [0.25, 0.3) is 0 Å². The first-order valence-electron chi connectivity index (χ1n) is 9.37. The standard InChI is InChI=1S/C20H24N4O4S/c1-14-11-16-12-18(6-7-19(16)24(14)15(2)25)29(27,28)23-10-8-20(26)22-13-17-5-3-4-9-21-17/h3-7,9,12,14,23H,8,10-11,13H2,1-2H3,(H,22,26)/t14-/m1/s1. The predicted octanol–water partition coefficient (Wildman–Crippen LogP) is 1.36. The number of pyridine rings is 1. The number of rotatable bonds is 7. The summed E-state index contributed by atoms with van der Waals surface area (Å²) >= 11 is 0. The molecule has 1 aliphatic heterocycles. The van der Waals surface area contributed by atoms with Crippen LogP contribution in [0.2, 0.25) is 0 Å². The van der Waals surface area contributed by atoms with Crippen LogP contribution in [0.3, 0.4) is 0 Å². The van der Waals surface area contributed by atoms with Crippen LogP contribution in [-0.4, -0.2) is 37.8 Å². The third kappa shape index (κ3) is 4.99. The Kier molecular flexibility index (Phi) is 6.29. The minimum Gasteiger partial charge on any atom is -0.350 e. The lowest BCUT2D eigenvalue weighted by atomic mass is 10.1. The Labute approximate surface area is 170 Å². The summed E-state index contributed by atoms with van der Waals surface area (Å²) in [6, 6.07) is 10.2. The van der Waals surface area contributed by atoms with Gasteiger partial charge in [-0.2, -0.15) is 0 Å². The number of hydrogen-bond acceptors (Lipinski definition) is 5. The molecule has 0 fully saturated rings. The monoisotopic (exact) mass is 416 g/mol. The molecule has 1 atom stereocenters. The third-order valence-corrected chi connectivity index (χ3v) is 6.21. The van der Waals surface area contributed by atoms with E-state index in [1.54, 1.807) is 35.4 Å². The van der Waals surface area contributed by atoms with Gasteiger partial charge in [0, 0.05) is 37.8 Å². The molecule has 3 rings (SSSR count). The van der Waals surface area contributed by atoms with E-state index in [9.17, 15) is 18.0 Å². The molecule has 1 aliphatic rings. The summed E-state index contributed by atoms with van der Waals surface area (Å²) in [6.07, 6.45) is 2.27. The Morgan fingerprint density at radius 1 is 1.24 bits per heavy atom. The minimum absolute atomic E-state index is 0.00351. The Morgan fingerprint density at radius 2 is 2.03 bits per heavy atom. The van der Waals surface area contributed by atoms with E-state index in [0.29, 0.717) is 13.0 Å². The molecule has 2 N–H and O–H groups in total. The molecule has 8 nitrogen and oxygen atoms in total. The number of benzene rings is 1.